The van der Waals surface area contributed by atoms with Crippen LogP contribution in [0.15, 0.2) is 55.0 Å². The second kappa shape index (κ2) is 5.35. The van der Waals surface area contributed by atoms with Gasteiger partial charge in [-0.3, -0.25) is 4.79 Å². The Morgan fingerprint density at radius 3 is 2.60 bits per heavy atom. The van der Waals surface area contributed by atoms with Gasteiger partial charge in [0.2, 0.25) is 5.91 Å². The molecule has 0 saturated heterocycles. The average Bonchev–Trinajstić information content (AvgIpc) is 3.11. The molecular formula is C13H12N6O. The van der Waals surface area contributed by atoms with Crippen molar-refractivity contribution in [2.24, 2.45) is 0 Å². The molecule has 0 atom stereocenters. The molecule has 0 radical (unpaired) electrons. The quantitative estimate of drug-likeness (QED) is 0.768. The van der Waals surface area contributed by atoms with Gasteiger partial charge in [0.25, 0.3) is 0 Å². The summed E-state index contributed by atoms with van der Waals surface area (Å²) < 4.78 is 1.70. The lowest BCUT2D eigenvalue weighted by Gasteiger charge is -2.02. The fourth-order valence-electron chi connectivity index (χ4n) is 1.75. The van der Waals surface area contributed by atoms with Crippen molar-refractivity contribution in [3.05, 3.63) is 55.0 Å². The third kappa shape index (κ3) is 2.72. The van der Waals surface area contributed by atoms with Crippen molar-refractivity contribution in [3.63, 3.8) is 0 Å². The molecular weight excluding hydrogens is 256 g/mol. The lowest BCUT2D eigenvalue weighted by Crippen LogP contribution is -2.20. The maximum absolute atomic E-state index is 11.8. The van der Waals surface area contributed by atoms with E-state index in [1.807, 2.05) is 30.3 Å². The van der Waals surface area contributed by atoms with Gasteiger partial charge in [0.15, 0.2) is 5.82 Å². The topological polar surface area (TPSA) is 77.6 Å². The molecule has 3 rings (SSSR count). The van der Waals surface area contributed by atoms with Crippen LogP contribution in [0.25, 0.3) is 5.69 Å². The van der Waals surface area contributed by atoms with Gasteiger partial charge in [-0.1, -0.05) is 18.2 Å². The number of hydrogen-bond acceptors (Lipinski definition) is 4. The van der Waals surface area contributed by atoms with Gasteiger partial charge in [0.1, 0.15) is 6.54 Å². The van der Waals surface area contributed by atoms with Gasteiger partial charge in [0, 0.05) is 12.3 Å². The number of benzene rings is 1. The maximum Gasteiger partial charge on any atom is 0.249 e. The van der Waals surface area contributed by atoms with Gasteiger partial charge >= 0.3 is 0 Å². The molecule has 2 heterocycles. The Hall–Kier alpha value is -2.96. The first kappa shape index (κ1) is 12.1. The first-order chi connectivity index (χ1) is 9.81. The number of aromatic nitrogens is 5. The fraction of sp³-hybridized carbons (Fsp3) is 0.0769. The third-order valence-electron chi connectivity index (χ3n) is 2.63. The van der Waals surface area contributed by atoms with Crippen LogP contribution in [0.3, 0.4) is 0 Å². The standard InChI is InChI=1S/C13H12N6O/c20-13(10-19-14-7-8-15-19)16-12-6-9-18(17-12)11-4-2-1-3-5-11/h1-9H,10H2,(H,16,17,20). The maximum atomic E-state index is 11.8. The lowest BCUT2D eigenvalue weighted by atomic mass is 10.3. The summed E-state index contributed by atoms with van der Waals surface area (Å²) in [6, 6.07) is 11.4. The van der Waals surface area contributed by atoms with Crippen LogP contribution in [-0.4, -0.2) is 30.7 Å². The van der Waals surface area contributed by atoms with Crippen molar-refractivity contribution in [2.45, 2.75) is 6.54 Å². The van der Waals surface area contributed by atoms with Crippen LogP contribution in [0.1, 0.15) is 0 Å². The molecule has 0 spiro atoms. The molecule has 100 valence electrons. The van der Waals surface area contributed by atoms with Crippen molar-refractivity contribution in [3.8, 4) is 5.69 Å². The Morgan fingerprint density at radius 1 is 1.10 bits per heavy atom. The zero-order valence-electron chi connectivity index (χ0n) is 10.5. The molecule has 1 amide bonds. The summed E-state index contributed by atoms with van der Waals surface area (Å²) in [6.45, 7) is 0.0607. The minimum atomic E-state index is -0.223. The van der Waals surface area contributed by atoms with Crippen LogP contribution in [0, 0.1) is 0 Å². The van der Waals surface area contributed by atoms with E-state index >= 15 is 0 Å². The van der Waals surface area contributed by atoms with Crippen molar-refractivity contribution in [2.75, 3.05) is 5.32 Å². The van der Waals surface area contributed by atoms with Gasteiger partial charge < -0.3 is 5.32 Å². The highest BCUT2D eigenvalue weighted by Crippen LogP contribution is 2.09. The molecule has 2 aromatic heterocycles. The van der Waals surface area contributed by atoms with E-state index in [1.165, 1.54) is 17.2 Å². The lowest BCUT2D eigenvalue weighted by molar-refractivity contribution is -0.117. The number of nitrogens with one attached hydrogen (secondary N) is 1. The SMILES string of the molecule is O=C(Cn1nccn1)Nc1ccn(-c2ccccc2)n1. The summed E-state index contributed by atoms with van der Waals surface area (Å²) in [5.41, 5.74) is 0.932. The Labute approximate surface area is 114 Å². The number of carbonyl (C=O) groups excluding carboxylic acids is 1. The zero-order valence-corrected chi connectivity index (χ0v) is 10.5. The second-order valence-corrected chi connectivity index (χ2v) is 4.09. The molecule has 0 aliphatic rings. The molecule has 0 fully saturated rings. The molecule has 0 unspecified atom stereocenters. The Kier molecular flexibility index (Phi) is 3.24. The molecule has 0 bridgehead atoms. The van der Waals surface area contributed by atoms with E-state index in [9.17, 15) is 4.79 Å². The summed E-state index contributed by atoms with van der Waals surface area (Å²) in [4.78, 5) is 13.1. The number of carbonyl (C=O) groups is 1. The van der Waals surface area contributed by atoms with Crippen LogP contribution in [0.4, 0.5) is 5.82 Å². The third-order valence-corrected chi connectivity index (χ3v) is 2.63. The minimum Gasteiger partial charge on any atom is -0.308 e. The minimum absolute atomic E-state index is 0.0607. The number of rotatable bonds is 4. The van der Waals surface area contributed by atoms with Crippen LogP contribution >= 0.6 is 0 Å². The fourth-order valence-corrected chi connectivity index (χ4v) is 1.75. The van der Waals surface area contributed by atoms with Crippen LogP contribution in [0.5, 0.6) is 0 Å². The van der Waals surface area contributed by atoms with Crippen molar-refractivity contribution in [1.82, 2.24) is 24.8 Å². The highest BCUT2D eigenvalue weighted by molar-refractivity contribution is 5.89. The van der Waals surface area contributed by atoms with E-state index < -0.39 is 0 Å². The number of anilines is 1. The van der Waals surface area contributed by atoms with E-state index in [4.69, 9.17) is 0 Å². The van der Waals surface area contributed by atoms with E-state index in [0.29, 0.717) is 5.82 Å². The Bertz CT molecular complexity index is 689. The van der Waals surface area contributed by atoms with Crippen LogP contribution < -0.4 is 5.32 Å². The average molecular weight is 268 g/mol. The molecule has 0 aliphatic heterocycles. The number of para-hydroxylation sites is 1. The largest absolute Gasteiger partial charge is 0.308 e. The highest BCUT2D eigenvalue weighted by atomic mass is 16.2. The Balaban J connectivity index is 1.67. The van der Waals surface area contributed by atoms with Crippen molar-refractivity contribution < 1.29 is 4.79 Å². The van der Waals surface area contributed by atoms with Crippen LogP contribution in [-0.2, 0) is 11.3 Å². The summed E-state index contributed by atoms with van der Waals surface area (Å²) in [6.07, 6.45) is 4.84. The van der Waals surface area contributed by atoms with Crippen LogP contribution in [0.2, 0.25) is 0 Å². The summed E-state index contributed by atoms with van der Waals surface area (Å²) in [5, 5.41) is 14.7. The highest BCUT2D eigenvalue weighted by Gasteiger charge is 2.07. The predicted octanol–water partition coefficient (Wildman–Crippen LogP) is 1.10. The predicted molar refractivity (Wildman–Crippen MR) is 72.2 cm³/mol. The van der Waals surface area contributed by atoms with Gasteiger partial charge in [-0.2, -0.15) is 20.1 Å². The first-order valence-electron chi connectivity index (χ1n) is 6.06. The van der Waals surface area contributed by atoms with Gasteiger partial charge in [0.05, 0.1) is 18.1 Å². The molecule has 20 heavy (non-hydrogen) atoms. The summed E-state index contributed by atoms with van der Waals surface area (Å²) >= 11 is 0. The second-order valence-electron chi connectivity index (χ2n) is 4.09. The van der Waals surface area contributed by atoms with Crippen molar-refractivity contribution in [1.29, 1.82) is 0 Å². The van der Waals surface area contributed by atoms with E-state index in [0.717, 1.165) is 5.69 Å². The number of amides is 1. The molecule has 1 N–H and O–H groups in total. The molecule has 0 saturated carbocycles. The Morgan fingerprint density at radius 2 is 1.85 bits per heavy atom. The van der Waals surface area contributed by atoms with E-state index in [-0.39, 0.29) is 12.5 Å². The molecule has 3 aromatic rings. The van der Waals surface area contributed by atoms with Gasteiger partial charge in [-0.15, -0.1) is 0 Å². The molecule has 0 aliphatic carbocycles. The van der Waals surface area contributed by atoms with E-state index in [2.05, 4.69) is 20.6 Å². The summed E-state index contributed by atoms with van der Waals surface area (Å²) in [5.74, 6) is 0.269. The van der Waals surface area contributed by atoms with Gasteiger partial charge in [-0.05, 0) is 12.1 Å². The molecule has 1 aromatic carbocycles. The monoisotopic (exact) mass is 268 g/mol. The number of nitrogens with zero attached hydrogens (tertiary/aromatic N) is 5. The van der Waals surface area contributed by atoms with Gasteiger partial charge in [-0.25, -0.2) is 4.68 Å². The molecule has 7 heteroatoms. The van der Waals surface area contributed by atoms with E-state index in [1.54, 1.807) is 16.9 Å². The number of hydrogen-bond donors (Lipinski definition) is 1. The summed E-state index contributed by atoms with van der Waals surface area (Å²) in [7, 11) is 0. The normalized spacial score (nSPS) is 10.4. The first-order valence-corrected chi connectivity index (χ1v) is 6.06. The molecule has 7 nitrogen and oxygen atoms in total. The smallest absolute Gasteiger partial charge is 0.249 e. The van der Waals surface area contributed by atoms with Crippen molar-refractivity contribution >= 4 is 11.7 Å². The zero-order chi connectivity index (χ0) is 13.8.